The predicted molar refractivity (Wildman–Crippen MR) is 70.4 cm³/mol. The highest BCUT2D eigenvalue weighted by molar-refractivity contribution is 7.15. The molecule has 17 heavy (non-hydrogen) atoms. The second kappa shape index (κ2) is 5.12. The predicted octanol–water partition coefficient (Wildman–Crippen LogP) is 3.22. The Morgan fingerprint density at radius 2 is 2.12 bits per heavy atom. The fourth-order valence-electron chi connectivity index (χ4n) is 1.66. The molecule has 3 nitrogen and oxygen atoms in total. The number of hydrogen-bond acceptors (Lipinski definition) is 4. The van der Waals surface area contributed by atoms with Gasteiger partial charge in [0, 0.05) is 16.1 Å². The van der Waals surface area contributed by atoms with E-state index in [2.05, 4.69) is 9.97 Å². The normalized spacial score (nSPS) is 10.8. The fourth-order valence-corrected chi connectivity index (χ4v) is 2.81. The van der Waals surface area contributed by atoms with Crippen LogP contribution in [0.15, 0.2) is 12.1 Å². The Bertz CT molecular complexity index is 516. The summed E-state index contributed by atoms with van der Waals surface area (Å²) < 4.78 is 0. The van der Waals surface area contributed by atoms with E-state index in [1.165, 1.54) is 11.3 Å². The molecule has 2 rings (SSSR count). The number of aromatic nitrogens is 2. The first-order valence-corrected chi connectivity index (χ1v) is 6.58. The van der Waals surface area contributed by atoms with Gasteiger partial charge >= 0.3 is 0 Å². The highest BCUT2D eigenvalue weighted by Crippen LogP contribution is 2.28. The molecule has 0 radical (unpaired) electrons. The molecule has 1 N–H and O–H groups in total. The van der Waals surface area contributed by atoms with E-state index in [0.29, 0.717) is 11.0 Å². The Morgan fingerprint density at radius 1 is 1.35 bits per heavy atom. The third-order valence-electron chi connectivity index (χ3n) is 2.55. The van der Waals surface area contributed by atoms with Crippen LogP contribution in [0.25, 0.3) is 10.7 Å². The zero-order chi connectivity index (χ0) is 12.4. The number of nitrogens with zero attached hydrogens (tertiary/aromatic N) is 2. The summed E-state index contributed by atoms with van der Waals surface area (Å²) in [5, 5.41) is 9.55. The van der Waals surface area contributed by atoms with Crippen molar-refractivity contribution in [2.24, 2.45) is 0 Å². The first-order valence-electron chi connectivity index (χ1n) is 5.38. The van der Waals surface area contributed by atoms with Crippen molar-refractivity contribution in [2.45, 2.75) is 26.9 Å². The third kappa shape index (κ3) is 2.49. The molecule has 0 aliphatic rings. The first kappa shape index (κ1) is 12.5. The molecule has 5 heteroatoms. The third-order valence-corrected chi connectivity index (χ3v) is 3.93. The molecule has 2 aromatic heterocycles. The summed E-state index contributed by atoms with van der Waals surface area (Å²) in [6.07, 6.45) is 0.831. The molecule has 0 fully saturated rings. The van der Waals surface area contributed by atoms with E-state index in [1.807, 2.05) is 26.0 Å². The number of hydrogen-bond donors (Lipinski definition) is 1. The van der Waals surface area contributed by atoms with Crippen LogP contribution in [0.1, 0.15) is 23.1 Å². The van der Waals surface area contributed by atoms with E-state index >= 15 is 0 Å². The number of thiophene rings is 1. The molecule has 0 aliphatic heterocycles. The van der Waals surface area contributed by atoms with Gasteiger partial charge in [-0.3, -0.25) is 0 Å². The molecular formula is C12H13ClN2OS. The first-order chi connectivity index (χ1) is 8.15. The minimum absolute atomic E-state index is 0.0461. The van der Waals surface area contributed by atoms with Crippen LogP contribution in [0.4, 0.5) is 0 Å². The van der Waals surface area contributed by atoms with E-state index in [9.17, 15) is 0 Å². The van der Waals surface area contributed by atoms with Gasteiger partial charge in [-0.05, 0) is 25.5 Å². The lowest BCUT2D eigenvalue weighted by Gasteiger charge is -2.06. The largest absolute Gasteiger partial charge is 0.391 e. The summed E-state index contributed by atoms with van der Waals surface area (Å²) in [5.74, 6) is 0.634. The lowest BCUT2D eigenvalue weighted by molar-refractivity contribution is 0.285. The molecule has 0 atom stereocenters. The molecule has 0 saturated heterocycles. The van der Waals surface area contributed by atoms with E-state index in [4.69, 9.17) is 16.7 Å². The molecule has 2 heterocycles. The molecule has 90 valence electrons. The Balaban J connectivity index is 2.46. The summed E-state index contributed by atoms with van der Waals surface area (Å²) in [5.41, 5.74) is 1.91. The Kier molecular flexibility index (Phi) is 3.76. The maximum atomic E-state index is 9.03. The van der Waals surface area contributed by atoms with Gasteiger partial charge in [0.2, 0.25) is 0 Å². The lowest BCUT2D eigenvalue weighted by atomic mass is 10.2. The van der Waals surface area contributed by atoms with Gasteiger partial charge in [0.15, 0.2) is 5.82 Å². The second-order valence-corrected chi connectivity index (χ2v) is 5.21. The van der Waals surface area contributed by atoms with Gasteiger partial charge in [-0.25, -0.2) is 9.97 Å². The molecule has 0 unspecified atom stereocenters. The van der Waals surface area contributed by atoms with Gasteiger partial charge in [0.1, 0.15) is 5.15 Å². The molecule has 0 spiro atoms. The van der Waals surface area contributed by atoms with Gasteiger partial charge in [0.05, 0.1) is 11.5 Å². The zero-order valence-corrected chi connectivity index (χ0v) is 11.3. The number of aliphatic hydroxyl groups excluding tert-OH is 1. The molecule has 0 saturated carbocycles. The van der Waals surface area contributed by atoms with Crippen molar-refractivity contribution < 1.29 is 5.11 Å². The number of halogens is 1. The van der Waals surface area contributed by atoms with Crippen molar-refractivity contribution in [2.75, 3.05) is 0 Å². The van der Waals surface area contributed by atoms with Crippen LogP contribution in [0.3, 0.4) is 0 Å². The Hall–Kier alpha value is -0.970. The molecule has 0 aromatic carbocycles. The highest BCUT2D eigenvalue weighted by Gasteiger charge is 2.11. The average molecular weight is 269 g/mol. The van der Waals surface area contributed by atoms with Gasteiger partial charge in [0.25, 0.3) is 0 Å². The Morgan fingerprint density at radius 3 is 2.65 bits per heavy atom. The van der Waals surface area contributed by atoms with Crippen LogP contribution < -0.4 is 0 Å². The van der Waals surface area contributed by atoms with Crippen molar-refractivity contribution in [1.29, 1.82) is 0 Å². The summed E-state index contributed by atoms with van der Waals surface area (Å²) in [6, 6.07) is 3.78. The van der Waals surface area contributed by atoms with E-state index in [0.717, 1.165) is 27.4 Å². The van der Waals surface area contributed by atoms with E-state index in [-0.39, 0.29) is 6.61 Å². The van der Waals surface area contributed by atoms with Crippen LogP contribution in [-0.2, 0) is 13.0 Å². The average Bonchev–Trinajstić information content (AvgIpc) is 2.77. The number of aliphatic hydroxyl groups is 1. The van der Waals surface area contributed by atoms with Crippen molar-refractivity contribution in [3.05, 3.63) is 33.4 Å². The van der Waals surface area contributed by atoms with Gasteiger partial charge in [-0.1, -0.05) is 18.5 Å². The molecule has 2 aromatic rings. The van der Waals surface area contributed by atoms with Crippen LogP contribution in [-0.4, -0.2) is 15.1 Å². The smallest absolute Gasteiger partial charge is 0.171 e. The molecule has 0 aliphatic carbocycles. The van der Waals surface area contributed by atoms with Crippen LogP contribution >= 0.6 is 22.9 Å². The minimum atomic E-state index is 0.0461. The maximum absolute atomic E-state index is 9.03. The summed E-state index contributed by atoms with van der Waals surface area (Å²) in [6.45, 7) is 4.02. The highest BCUT2D eigenvalue weighted by atomic mass is 35.5. The molecule has 0 amide bonds. The van der Waals surface area contributed by atoms with Gasteiger partial charge < -0.3 is 5.11 Å². The monoisotopic (exact) mass is 268 g/mol. The second-order valence-electron chi connectivity index (χ2n) is 3.68. The van der Waals surface area contributed by atoms with Crippen molar-refractivity contribution in [3.8, 4) is 10.7 Å². The van der Waals surface area contributed by atoms with Gasteiger partial charge in [-0.15, -0.1) is 11.3 Å². The van der Waals surface area contributed by atoms with Crippen LogP contribution in [0, 0.1) is 6.92 Å². The molecule has 0 bridgehead atoms. The topological polar surface area (TPSA) is 46.0 Å². The number of aryl methyl sites for hydroxylation is 1. The minimum Gasteiger partial charge on any atom is -0.391 e. The van der Waals surface area contributed by atoms with E-state index < -0.39 is 0 Å². The quantitative estimate of drug-likeness (QED) is 0.870. The SMILES string of the molecule is CCc1c(C)nc(-c2ccc(CO)s2)nc1Cl. The number of rotatable bonds is 3. The van der Waals surface area contributed by atoms with Crippen molar-refractivity contribution in [3.63, 3.8) is 0 Å². The summed E-state index contributed by atoms with van der Waals surface area (Å²) in [7, 11) is 0. The van der Waals surface area contributed by atoms with Crippen LogP contribution in [0.5, 0.6) is 0 Å². The van der Waals surface area contributed by atoms with Crippen molar-refractivity contribution in [1.82, 2.24) is 9.97 Å². The Labute approximate surface area is 109 Å². The summed E-state index contributed by atoms with van der Waals surface area (Å²) in [4.78, 5) is 10.6. The maximum Gasteiger partial charge on any atom is 0.171 e. The standard InChI is InChI=1S/C12H13ClN2OS/c1-3-9-7(2)14-12(15-11(9)13)10-5-4-8(6-16)17-10/h4-5,16H,3,6H2,1-2H3. The zero-order valence-electron chi connectivity index (χ0n) is 9.70. The van der Waals surface area contributed by atoms with E-state index in [1.54, 1.807) is 0 Å². The summed E-state index contributed by atoms with van der Waals surface area (Å²) >= 11 is 7.61. The molecular weight excluding hydrogens is 256 g/mol. The lowest BCUT2D eigenvalue weighted by Crippen LogP contribution is -1.98. The fraction of sp³-hybridized carbons (Fsp3) is 0.333. The van der Waals surface area contributed by atoms with Gasteiger partial charge in [-0.2, -0.15) is 0 Å². The van der Waals surface area contributed by atoms with Crippen molar-refractivity contribution >= 4 is 22.9 Å². The van der Waals surface area contributed by atoms with Crippen LogP contribution in [0.2, 0.25) is 5.15 Å².